The fourth-order valence-corrected chi connectivity index (χ4v) is 6.61. The third-order valence-electron chi connectivity index (χ3n) is 8.03. The van der Waals surface area contributed by atoms with Gasteiger partial charge in [0.25, 0.3) is 0 Å². The van der Waals surface area contributed by atoms with Crippen LogP contribution in [-0.2, 0) is 0 Å². The van der Waals surface area contributed by atoms with Crippen LogP contribution in [0.15, 0.2) is 42.6 Å². The van der Waals surface area contributed by atoms with Crippen LogP contribution in [0.4, 0.5) is 14.6 Å². The Bertz CT molecular complexity index is 1320. The molecule has 1 N–H and O–H groups in total. The average molecular weight is 524 g/mol. The lowest BCUT2D eigenvalue weighted by atomic mass is 9.52. The summed E-state index contributed by atoms with van der Waals surface area (Å²) in [5.41, 5.74) is 1.45. The third kappa shape index (κ3) is 5.92. The number of nitrogens with zero attached hydrogens (tertiary/aromatic N) is 4. The molecule has 5 rings (SSSR count). The molecule has 0 amide bonds. The van der Waals surface area contributed by atoms with Crippen LogP contribution in [0.1, 0.15) is 46.0 Å². The summed E-state index contributed by atoms with van der Waals surface area (Å²) >= 11 is 0. The van der Waals surface area contributed by atoms with Crippen LogP contribution < -0.4 is 9.64 Å². The van der Waals surface area contributed by atoms with Gasteiger partial charge in [0.05, 0.1) is 11.3 Å². The average Bonchev–Trinajstić information content (AvgIpc) is 3.08. The highest BCUT2D eigenvalue weighted by Gasteiger charge is 2.50. The van der Waals surface area contributed by atoms with Crippen molar-refractivity contribution in [1.82, 2.24) is 15.2 Å². The van der Waals surface area contributed by atoms with Crippen LogP contribution in [0, 0.1) is 16.6 Å². The maximum absolute atomic E-state index is 15.3. The summed E-state index contributed by atoms with van der Waals surface area (Å²) in [5.74, 6) is -0.423. The molecule has 2 fully saturated rings. The Hall–Kier alpha value is -3.10. The Labute approximate surface area is 231 Å². The van der Waals surface area contributed by atoms with E-state index in [1.54, 1.807) is 18.2 Å². The molecular weight excluding hydrogens is 495 g/mol. The van der Waals surface area contributed by atoms with Crippen molar-refractivity contribution in [1.29, 1.82) is 0 Å². The number of aromatic nitrogens is 3. The number of benzene rings is 1. The van der Waals surface area contributed by atoms with Gasteiger partial charge in [-0.15, -0.1) is 10.2 Å². The van der Waals surface area contributed by atoms with Gasteiger partial charge in [0.15, 0.2) is 5.82 Å². The minimum absolute atomic E-state index is 0.0391. The molecule has 0 spiro atoms. The topological polar surface area (TPSA) is 71.4 Å². The lowest BCUT2D eigenvalue weighted by Crippen LogP contribution is -2.45. The highest BCUT2D eigenvalue weighted by molar-refractivity contribution is 6.58. The molecule has 3 atom stereocenters. The molecule has 0 aliphatic heterocycles. The minimum atomic E-state index is -1.93. The van der Waals surface area contributed by atoms with E-state index in [0.717, 1.165) is 12.8 Å². The molecule has 2 saturated carbocycles. The molecule has 2 aromatic heterocycles. The van der Waals surface area contributed by atoms with Crippen LogP contribution >= 0.6 is 0 Å². The van der Waals surface area contributed by atoms with Crippen molar-refractivity contribution in [2.24, 2.45) is 10.8 Å². The summed E-state index contributed by atoms with van der Waals surface area (Å²) in [5, 5.41) is 17.4. The van der Waals surface area contributed by atoms with Crippen LogP contribution in [-0.4, -0.2) is 68.4 Å². The number of pyridine rings is 1. The first-order valence-corrected chi connectivity index (χ1v) is 13.1. The van der Waals surface area contributed by atoms with E-state index < -0.39 is 17.8 Å². The highest BCUT2D eigenvalue weighted by atomic mass is 19.1. The lowest BCUT2D eigenvalue weighted by Gasteiger charge is -2.45. The van der Waals surface area contributed by atoms with Crippen molar-refractivity contribution in [3.63, 3.8) is 0 Å². The summed E-state index contributed by atoms with van der Waals surface area (Å²) in [6, 6.07) is 9.24. The number of halogens is 2. The second-order valence-electron chi connectivity index (χ2n) is 11.7. The zero-order valence-corrected chi connectivity index (χ0v) is 22.2. The molecule has 2 aliphatic carbocycles. The molecule has 11 heteroatoms. The number of fused-ring (bicyclic) bond motifs is 2. The van der Waals surface area contributed by atoms with Crippen molar-refractivity contribution < 1.29 is 18.6 Å². The summed E-state index contributed by atoms with van der Waals surface area (Å²) in [6.07, 6.45) is 6.95. The van der Waals surface area contributed by atoms with Gasteiger partial charge in [-0.3, -0.25) is 0 Å². The van der Waals surface area contributed by atoms with E-state index in [1.807, 2.05) is 4.90 Å². The molecule has 2 aliphatic rings. The van der Waals surface area contributed by atoms with Crippen molar-refractivity contribution in [3.8, 4) is 34.0 Å². The predicted octanol–water partition coefficient (Wildman–Crippen LogP) is 4.68. The fraction of sp³-hybridized carbons (Fsp3) is 0.464. The monoisotopic (exact) mass is 524 g/mol. The van der Waals surface area contributed by atoms with Crippen LogP contribution in [0.25, 0.3) is 22.4 Å². The smallest absolute Gasteiger partial charge is 0.212 e. The van der Waals surface area contributed by atoms with E-state index in [9.17, 15) is 9.50 Å². The Balaban J connectivity index is 1.40. The fourth-order valence-electron chi connectivity index (χ4n) is 6.61. The quantitative estimate of drug-likeness (QED) is 0.432. The van der Waals surface area contributed by atoms with Crippen molar-refractivity contribution in [2.45, 2.75) is 57.3 Å². The Morgan fingerprint density at radius 2 is 1.77 bits per heavy atom. The molecule has 39 heavy (non-hydrogen) atoms. The summed E-state index contributed by atoms with van der Waals surface area (Å²) in [6.45, 7) is 4.36. The molecule has 1 unspecified atom stereocenters. The molecular formula is C28H29B3F2N4O2. The molecule has 2 bridgehead atoms. The number of hydrogen-bond acceptors (Lipinski definition) is 6. The van der Waals surface area contributed by atoms with Gasteiger partial charge in [-0.2, -0.15) is 0 Å². The Morgan fingerprint density at radius 1 is 1.05 bits per heavy atom. The minimum Gasteiger partial charge on any atom is -0.507 e. The standard InChI is InChI=1S/C28H29B3F2N4O2/c1-26-6-7-27(2,16-26)15-19(14-26)37(10-8-32)23-4-3-21(35-36-23)25-20(33)11-18(12-22(25)38)17-5-9-34-24(13-17)39-28(29,30)31/h3-5,9,11-13,19,38H,6-8,10,14-16H2,1-2H3/t19?,26-,27+. The maximum atomic E-state index is 15.3. The van der Waals surface area contributed by atoms with E-state index in [-0.39, 0.29) is 46.3 Å². The molecule has 1 aromatic carbocycles. The second-order valence-corrected chi connectivity index (χ2v) is 11.7. The number of phenols is 1. The number of phenolic OH excluding ortho intramolecular Hbond substituents is 1. The first kappa shape index (κ1) is 27.5. The van der Waals surface area contributed by atoms with Crippen LogP contribution in [0.5, 0.6) is 11.6 Å². The Morgan fingerprint density at radius 3 is 2.36 bits per heavy atom. The number of alkyl halides is 1. The largest absolute Gasteiger partial charge is 0.507 e. The van der Waals surface area contributed by atoms with E-state index >= 15 is 4.39 Å². The predicted molar refractivity (Wildman–Crippen MR) is 149 cm³/mol. The van der Waals surface area contributed by atoms with Crippen molar-refractivity contribution >= 4 is 29.4 Å². The first-order valence-electron chi connectivity index (χ1n) is 13.1. The maximum Gasteiger partial charge on any atom is 0.212 e. The molecule has 0 saturated heterocycles. The van der Waals surface area contributed by atoms with Gasteiger partial charge in [-0.1, -0.05) is 13.8 Å². The number of rotatable bonds is 8. The van der Waals surface area contributed by atoms with Gasteiger partial charge >= 0.3 is 0 Å². The third-order valence-corrected chi connectivity index (χ3v) is 8.03. The number of anilines is 1. The van der Waals surface area contributed by atoms with E-state index in [0.29, 0.717) is 16.9 Å². The van der Waals surface area contributed by atoms with E-state index in [2.05, 4.69) is 29.0 Å². The van der Waals surface area contributed by atoms with E-state index in [1.165, 1.54) is 43.7 Å². The van der Waals surface area contributed by atoms with Gasteiger partial charge in [0.2, 0.25) is 5.88 Å². The van der Waals surface area contributed by atoms with Crippen LogP contribution in [0.3, 0.4) is 0 Å². The molecule has 6 nitrogen and oxygen atoms in total. The lowest BCUT2D eigenvalue weighted by molar-refractivity contribution is 0.144. The number of hydrogen-bond donors (Lipinski definition) is 1. The van der Waals surface area contributed by atoms with Crippen molar-refractivity contribution in [2.75, 3.05) is 18.1 Å². The van der Waals surface area contributed by atoms with Gasteiger partial charge in [0, 0.05) is 24.8 Å². The molecule has 6 radical (unpaired) electrons. The SMILES string of the molecule is [B]C([B])([B])Oc1cc(-c2cc(O)c(-c3ccc(N(CCF)C4C[C@]5(C)CC[C@](C)(C4)C5)nn3)c(F)c2)ccn1. The molecule has 2 heterocycles. The number of ether oxygens (including phenoxy) is 1. The zero-order valence-electron chi connectivity index (χ0n) is 22.2. The summed E-state index contributed by atoms with van der Waals surface area (Å²) < 4.78 is 34.1. The molecule has 196 valence electrons. The Kier molecular flexibility index (Phi) is 7.14. The van der Waals surface area contributed by atoms with Gasteiger partial charge in [0.1, 0.15) is 41.8 Å². The van der Waals surface area contributed by atoms with E-state index in [4.69, 9.17) is 28.3 Å². The van der Waals surface area contributed by atoms with Gasteiger partial charge in [-0.05, 0) is 89.7 Å². The number of aromatic hydroxyl groups is 1. The van der Waals surface area contributed by atoms with Crippen LogP contribution in [0.2, 0.25) is 0 Å². The van der Waals surface area contributed by atoms with Crippen molar-refractivity contribution in [3.05, 3.63) is 48.4 Å². The molecule has 3 aromatic rings. The zero-order chi connectivity index (χ0) is 28.0. The highest BCUT2D eigenvalue weighted by Crippen LogP contribution is 2.59. The van der Waals surface area contributed by atoms with Gasteiger partial charge in [-0.25, -0.2) is 13.8 Å². The second kappa shape index (κ2) is 10.1. The summed E-state index contributed by atoms with van der Waals surface area (Å²) in [7, 11) is 16.4. The van der Waals surface area contributed by atoms with Gasteiger partial charge < -0.3 is 14.7 Å². The first-order chi connectivity index (χ1) is 18.4. The summed E-state index contributed by atoms with van der Waals surface area (Å²) in [4.78, 5) is 5.98. The normalized spacial score (nSPS) is 24.5.